The molecule has 150 valence electrons. The summed E-state index contributed by atoms with van der Waals surface area (Å²) in [6, 6.07) is 9.62. The molecule has 5 N–H and O–H groups in total. The number of halogens is 2. The lowest BCUT2D eigenvalue weighted by molar-refractivity contribution is -0.123. The lowest BCUT2D eigenvalue weighted by Crippen LogP contribution is -2.58. The highest BCUT2D eigenvalue weighted by molar-refractivity contribution is 6.47. The van der Waals surface area contributed by atoms with Crippen LogP contribution < -0.4 is 21.7 Å². The molecule has 1 atom stereocenters. The van der Waals surface area contributed by atoms with Crippen molar-refractivity contribution in [2.75, 3.05) is 19.0 Å². The van der Waals surface area contributed by atoms with Crippen LogP contribution in [0.3, 0.4) is 0 Å². The second-order valence-corrected chi connectivity index (χ2v) is 6.60. The first-order chi connectivity index (χ1) is 13.8. The zero-order valence-electron chi connectivity index (χ0n) is 15.3. The van der Waals surface area contributed by atoms with Gasteiger partial charge in [-0.25, -0.2) is 4.39 Å². The van der Waals surface area contributed by atoms with Gasteiger partial charge in [0.05, 0.1) is 17.3 Å². The van der Waals surface area contributed by atoms with E-state index in [9.17, 15) is 18.8 Å². The third kappa shape index (κ3) is 3.69. The quantitative estimate of drug-likeness (QED) is 0.582. The van der Waals surface area contributed by atoms with Crippen LogP contribution in [0.5, 0.6) is 0 Å². The van der Waals surface area contributed by atoms with E-state index in [0.29, 0.717) is 11.3 Å². The number of nitrogens with one attached hydrogen (secondary N) is 3. The number of primary amides is 1. The summed E-state index contributed by atoms with van der Waals surface area (Å²) in [5.74, 6) is -2.39. The largest absolute Gasteiger partial charge is 0.367 e. The molecule has 2 aromatic rings. The molecule has 0 spiro atoms. The van der Waals surface area contributed by atoms with Gasteiger partial charge in [0, 0.05) is 12.7 Å². The van der Waals surface area contributed by atoms with Gasteiger partial charge in [-0.1, -0.05) is 23.7 Å². The van der Waals surface area contributed by atoms with Crippen LogP contribution in [0.25, 0.3) is 0 Å². The van der Waals surface area contributed by atoms with Crippen molar-refractivity contribution in [2.24, 2.45) is 10.7 Å². The lowest BCUT2D eigenvalue weighted by Gasteiger charge is -2.27. The molecule has 29 heavy (non-hydrogen) atoms. The number of rotatable bonds is 5. The minimum Gasteiger partial charge on any atom is -0.367 e. The number of nitrogens with two attached hydrogens (primary N) is 1. The number of amides is 3. The van der Waals surface area contributed by atoms with Gasteiger partial charge in [-0.05, 0) is 35.9 Å². The van der Waals surface area contributed by atoms with Gasteiger partial charge in [0.1, 0.15) is 11.5 Å². The average Bonchev–Trinajstić information content (AvgIpc) is 3.14. The number of hydrogen-bond acceptors (Lipinski definition) is 5. The van der Waals surface area contributed by atoms with Gasteiger partial charge in [-0.3, -0.25) is 24.7 Å². The maximum absolute atomic E-state index is 13.1. The number of carbonyl (C=O) groups excluding carboxylic acids is 3. The van der Waals surface area contributed by atoms with Gasteiger partial charge < -0.3 is 16.4 Å². The summed E-state index contributed by atoms with van der Waals surface area (Å²) in [5, 5.41) is 7.92. The van der Waals surface area contributed by atoms with E-state index in [2.05, 4.69) is 20.9 Å². The second kappa shape index (κ2) is 7.98. The van der Waals surface area contributed by atoms with Gasteiger partial charge in [0.2, 0.25) is 5.91 Å². The van der Waals surface area contributed by atoms with Gasteiger partial charge in [0.15, 0.2) is 5.54 Å². The minimum absolute atomic E-state index is 0.0200. The fourth-order valence-electron chi connectivity index (χ4n) is 3.06. The van der Waals surface area contributed by atoms with Gasteiger partial charge in [-0.2, -0.15) is 0 Å². The first kappa shape index (κ1) is 20.4. The third-order valence-corrected chi connectivity index (χ3v) is 4.81. The van der Waals surface area contributed by atoms with Crippen molar-refractivity contribution in [3.8, 4) is 0 Å². The molecule has 0 saturated carbocycles. The lowest BCUT2D eigenvalue weighted by atomic mass is 9.84. The number of hydrogen-bond donors (Lipinski definition) is 4. The summed E-state index contributed by atoms with van der Waals surface area (Å²) in [5.41, 5.74) is 4.87. The van der Waals surface area contributed by atoms with Crippen molar-refractivity contribution in [1.82, 2.24) is 10.6 Å². The smallest absolute Gasteiger partial charge is 0.267 e. The SMILES string of the molecule is CNC(=O)C1=NCNC1(C(N)=O)c1ccc(NC(=O)c2ccc(F)cc2Cl)cc1. The van der Waals surface area contributed by atoms with Crippen LogP contribution in [0.1, 0.15) is 15.9 Å². The van der Waals surface area contributed by atoms with E-state index < -0.39 is 29.1 Å². The van der Waals surface area contributed by atoms with Gasteiger partial charge >= 0.3 is 0 Å². The van der Waals surface area contributed by atoms with E-state index >= 15 is 0 Å². The van der Waals surface area contributed by atoms with E-state index in [1.807, 2.05) is 0 Å². The summed E-state index contributed by atoms with van der Waals surface area (Å²) in [4.78, 5) is 40.8. The van der Waals surface area contributed by atoms with E-state index in [1.54, 1.807) is 12.1 Å². The molecule has 8 nitrogen and oxygen atoms in total. The fraction of sp³-hybridized carbons (Fsp3) is 0.158. The normalized spacial score (nSPS) is 18.1. The maximum atomic E-state index is 13.1. The summed E-state index contributed by atoms with van der Waals surface area (Å²) < 4.78 is 13.1. The van der Waals surface area contributed by atoms with Crippen molar-refractivity contribution >= 4 is 40.7 Å². The van der Waals surface area contributed by atoms with Crippen molar-refractivity contribution < 1.29 is 18.8 Å². The van der Waals surface area contributed by atoms with E-state index in [-0.39, 0.29) is 23.0 Å². The number of anilines is 1. The Kier molecular flexibility index (Phi) is 5.62. The molecule has 1 aliphatic heterocycles. The fourth-order valence-corrected chi connectivity index (χ4v) is 3.31. The van der Waals surface area contributed by atoms with Crippen LogP contribution in [0.15, 0.2) is 47.5 Å². The van der Waals surface area contributed by atoms with E-state index in [1.165, 1.54) is 25.2 Å². The number of benzene rings is 2. The van der Waals surface area contributed by atoms with Crippen LogP contribution in [0, 0.1) is 5.82 Å². The van der Waals surface area contributed by atoms with Crippen LogP contribution in [-0.4, -0.2) is 37.1 Å². The molecular weight excluding hydrogens is 401 g/mol. The highest BCUT2D eigenvalue weighted by Crippen LogP contribution is 2.28. The van der Waals surface area contributed by atoms with Crippen LogP contribution in [0.2, 0.25) is 5.02 Å². The van der Waals surface area contributed by atoms with Crippen molar-refractivity contribution in [1.29, 1.82) is 0 Å². The molecule has 3 rings (SSSR count). The Labute approximate surface area is 170 Å². The number of nitrogens with zero attached hydrogens (tertiary/aromatic N) is 1. The minimum atomic E-state index is -1.58. The zero-order chi connectivity index (χ0) is 21.2. The summed E-state index contributed by atoms with van der Waals surface area (Å²) in [6.45, 7) is 0.0489. The predicted octanol–water partition coefficient (Wildman–Crippen LogP) is 1.16. The molecule has 1 aliphatic rings. The molecule has 0 fully saturated rings. The third-order valence-electron chi connectivity index (χ3n) is 4.50. The Hall–Kier alpha value is -3.30. The Morgan fingerprint density at radius 2 is 1.86 bits per heavy atom. The second-order valence-electron chi connectivity index (χ2n) is 6.19. The molecule has 1 unspecified atom stereocenters. The summed E-state index contributed by atoms with van der Waals surface area (Å²) >= 11 is 5.90. The van der Waals surface area contributed by atoms with Crippen molar-refractivity contribution in [3.05, 3.63) is 64.4 Å². The highest BCUT2D eigenvalue weighted by atomic mass is 35.5. The van der Waals surface area contributed by atoms with Crippen LogP contribution in [0.4, 0.5) is 10.1 Å². The van der Waals surface area contributed by atoms with E-state index in [4.69, 9.17) is 17.3 Å². The molecular formula is C19H17ClFN5O3. The first-order valence-corrected chi connectivity index (χ1v) is 8.86. The first-order valence-electron chi connectivity index (χ1n) is 8.48. The van der Waals surface area contributed by atoms with E-state index in [0.717, 1.165) is 12.1 Å². The standard InChI is InChI=1S/C19H17ClFN5O3/c1-23-17(28)15-19(18(22)29,25-9-24-15)10-2-5-12(6-3-10)26-16(27)13-7-4-11(21)8-14(13)20/h2-8,25H,9H2,1H3,(H2,22,29)(H,23,28)(H,26,27). The number of carbonyl (C=O) groups is 3. The summed E-state index contributed by atoms with van der Waals surface area (Å²) in [7, 11) is 1.42. The average molecular weight is 418 g/mol. The Morgan fingerprint density at radius 1 is 1.17 bits per heavy atom. The molecule has 1 heterocycles. The molecule has 10 heteroatoms. The molecule has 0 aromatic heterocycles. The molecule has 0 bridgehead atoms. The molecule has 2 aromatic carbocycles. The summed E-state index contributed by atoms with van der Waals surface area (Å²) in [6.07, 6.45) is 0. The molecule has 0 saturated heterocycles. The highest BCUT2D eigenvalue weighted by Gasteiger charge is 2.49. The van der Waals surface area contributed by atoms with Crippen molar-refractivity contribution in [3.63, 3.8) is 0 Å². The van der Waals surface area contributed by atoms with Gasteiger partial charge in [0.25, 0.3) is 11.8 Å². The monoisotopic (exact) mass is 417 g/mol. The molecule has 0 radical (unpaired) electrons. The topological polar surface area (TPSA) is 126 Å². The van der Waals surface area contributed by atoms with Crippen molar-refractivity contribution in [2.45, 2.75) is 5.54 Å². The Balaban J connectivity index is 1.87. The van der Waals surface area contributed by atoms with Gasteiger partial charge in [-0.15, -0.1) is 0 Å². The predicted molar refractivity (Wildman–Crippen MR) is 106 cm³/mol. The van der Waals surface area contributed by atoms with Crippen LogP contribution >= 0.6 is 11.6 Å². The Morgan fingerprint density at radius 3 is 2.45 bits per heavy atom. The number of aliphatic imine (C=N–C) groups is 1. The molecule has 0 aliphatic carbocycles. The van der Waals surface area contributed by atoms with Crippen LogP contribution in [-0.2, 0) is 15.1 Å². The Bertz CT molecular complexity index is 1030. The maximum Gasteiger partial charge on any atom is 0.267 e. The molecule has 3 amide bonds. The zero-order valence-corrected chi connectivity index (χ0v) is 16.0.